The lowest BCUT2D eigenvalue weighted by Crippen LogP contribution is -2.50. The van der Waals surface area contributed by atoms with Crippen LogP contribution in [-0.4, -0.2) is 36.3 Å². The van der Waals surface area contributed by atoms with Crippen LogP contribution in [0.25, 0.3) is 0 Å². The first kappa shape index (κ1) is 15.9. The summed E-state index contributed by atoms with van der Waals surface area (Å²) in [7, 11) is 0. The van der Waals surface area contributed by atoms with Crippen LogP contribution in [0.15, 0.2) is 42.5 Å². The van der Waals surface area contributed by atoms with E-state index in [0.29, 0.717) is 24.7 Å². The first-order chi connectivity index (χ1) is 12.0. The van der Waals surface area contributed by atoms with E-state index in [-0.39, 0.29) is 24.2 Å². The minimum Gasteiger partial charge on any atom is -0.480 e. The van der Waals surface area contributed by atoms with Crippen LogP contribution in [0.5, 0.6) is 5.75 Å². The van der Waals surface area contributed by atoms with Crippen molar-refractivity contribution >= 4 is 17.5 Å². The second kappa shape index (κ2) is 6.04. The van der Waals surface area contributed by atoms with E-state index in [2.05, 4.69) is 41.2 Å². The topological polar surface area (TPSA) is 63.7 Å². The van der Waals surface area contributed by atoms with Crippen molar-refractivity contribution in [2.45, 2.75) is 25.5 Å². The zero-order valence-electron chi connectivity index (χ0n) is 14.4. The number of anilines is 2. The maximum atomic E-state index is 11.6. The Bertz CT molecular complexity index is 792. The van der Waals surface area contributed by atoms with Crippen LogP contribution in [0, 0.1) is 0 Å². The quantitative estimate of drug-likeness (QED) is 0.911. The van der Waals surface area contributed by atoms with Crippen molar-refractivity contribution in [3.8, 4) is 5.75 Å². The van der Waals surface area contributed by atoms with E-state index in [0.717, 1.165) is 5.82 Å². The highest BCUT2D eigenvalue weighted by atomic mass is 16.5. The molecule has 6 nitrogen and oxygen atoms in total. The summed E-state index contributed by atoms with van der Waals surface area (Å²) in [5.41, 5.74) is 0.903. The molecule has 2 aliphatic heterocycles. The Hall–Kier alpha value is -2.60. The second-order valence-corrected chi connectivity index (χ2v) is 6.98. The molecule has 1 unspecified atom stereocenters. The summed E-state index contributed by atoms with van der Waals surface area (Å²) in [6.45, 7) is 5.46. The zero-order chi connectivity index (χ0) is 17.4. The predicted octanol–water partition coefficient (Wildman–Crippen LogP) is 2.77. The first-order valence-electron chi connectivity index (χ1n) is 8.41. The lowest BCUT2D eigenvalue weighted by atomic mass is 9.99. The smallest absolute Gasteiger partial charge is 0.263 e. The summed E-state index contributed by atoms with van der Waals surface area (Å²) in [5, 5.41) is 2.78. The minimum atomic E-state index is -0.275. The summed E-state index contributed by atoms with van der Waals surface area (Å²) in [6.07, 6.45) is 0. The number of ether oxygens (including phenoxy) is 2. The van der Waals surface area contributed by atoms with Crippen LogP contribution in [-0.2, 0) is 9.53 Å². The van der Waals surface area contributed by atoms with Crippen LogP contribution < -0.4 is 15.0 Å². The molecule has 0 radical (unpaired) electrons. The normalized spacial score (nSPS) is 21.9. The number of nitrogens with zero attached hydrogens (tertiary/aromatic N) is 2. The van der Waals surface area contributed by atoms with E-state index in [4.69, 9.17) is 9.47 Å². The molecule has 1 fully saturated rings. The molecule has 6 heteroatoms. The highest BCUT2D eigenvalue weighted by molar-refractivity contribution is 5.94. The standard InChI is InChI=1S/C19H21N3O3/c1-19(2)12-22(14(10-25-19)13-6-4-3-5-7-13)16-9-8-15-18(20-16)21-17(23)11-24-15/h3-9,14H,10-12H2,1-2H3,(H,20,21,23). The number of amides is 1. The molecule has 1 N–H and O–H groups in total. The Labute approximate surface area is 146 Å². The number of fused-ring (bicyclic) bond motifs is 1. The molecular formula is C19H21N3O3. The minimum absolute atomic E-state index is 0.0330. The summed E-state index contributed by atoms with van der Waals surface area (Å²) in [5.74, 6) is 1.70. The molecule has 1 aromatic heterocycles. The van der Waals surface area contributed by atoms with Crippen LogP contribution in [0.4, 0.5) is 11.6 Å². The van der Waals surface area contributed by atoms with E-state index in [1.807, 2.05) is 30.3 Å². The maximum absolute atomic E-state index is 11.6. The van der Waals surface area contributed by atoms with Crippen LogP contribution in [0.2, 0.25) is 0 Å². The van der Waals surface area contributed by atoms with Gasteiger partial charge in [0, 0.05) is 6.54 Å². The van der Waals surface area contributed by atoms with Gasteiger partial charge in [0.05, 0.1) is 18.2 Å². The molecule has 3 heterocycles. The number of pyridine rings is 1. The molecule has 2 aliphatic rings. The Balaban J connectivity index is 1.71. The van der Waals surface area contributed by atoms with Gasteiger partial charge in [0.15, 0.2) is 18.2 Å². The fraction of sp³-hybridized carbons (Fsp3) is 0.368. The van der Waals surface area contributed by atoms with Gasteiger partial charge in [-0.05, 0) is 31.5 Å². The van der Waals surface area contributed by atoms with Gasteiger partial charge in [-0.25, -0.2) is 4.98 Å². The average molecular weight is 339 g/mol. The van der Waals surface area contributed by atoms with Gasteiger partial charge >= 0.3 is 0 Å². The third kappa shape index (κ3) is 3.17. The molecule has 4 rings (SSSR count). The van der Waals surface area contributed by atoms with Gasteiger partial charge in [0.25, 0.3) is 5.91 Å². The molecule has 1 saturated heterocycles. The van der Waals surface area contributed by atoms with Crippen molar-refractivity contribution in [1.82, 2.24) is 4.98 Å². The van der Waals surface area contributed by atoms with Crippen molar-refractivity contribution < 1.29 is 14.3 Å². The number of benzene rings is 1. The number of hydrogen-bond acceptors (Lipinski definition) is 5. The van der Waals surface area contributed by atoms with E-state index < -0.39 is 0 Å². The molecule has 0 bridgehead atoms. The summed E-state index contributed by atoms with van der Waals surface area (Å²) >= 11 is 0. The van der Waals surface area contributed by atoms with E-state index in [1.54, 1.807) is 0 Å². The number of aromatic nitrogens is 1. The van der Waals surface area contributed by atoms with Gasteiger partial charge in [-0.2, -0.15) is 0 Å². The van der Waals surface area contributed by atoms with Gasteiger partial charge in [-0.3, -0.25) is 4.79 Å². The average Bonchev–Trinajstić information content (AvgIpc) is 2.61. The fourth-order valence-electron chi connectivity index (χ4n) is 3.27. The molecule has 0 aliphatic carbocycles. The summed E-state index contributed by atoms with van der Waals surface area (Å²) < 4.78 is 11.5. The molecule has 0 spiro atoms. The molecule has 0 saturated carbocycles. The third-order valence-corrected chi connectivity index (χ3v) is 4.50. The lowest BCUT2D eigenvalue weighted by Gasteiger charge is -2.44. The van der Waals surface area contributed by atoms with Crippen molar-refractivity contribution in [1.29, 1.82) is 0 Å². The Morgan fingerprint density at radius 2 is 2.00 bits per heavy atom. The van der Waals surface area contributed by atoms with Gasteiger partial charge in [0.1, 0.15) is 5.82 Å². The molecule has 1 amide bonds. The Morgan fingerprint density at radius 1 is 1.20 bits per heavy atom. The van der Waals surface area contributed by atoms with Gasteiger partial charge < -0.3 is 19.7 Å². The van der Waals surface area contributed by atoms with E-state index >= 15 is 0 Å². The monoisotopic (exact) mass is 339 g/mol. The largest absolute Gasteiger partial charge is 0.480 e. The van der Waals surface area contributed by atoms with Crippen LogP contribution >= 0.6 is 0 Å². The Morgan fingerprint density at radius 3 is 2.80 bits per heavy atom. The predicted molar refractivity (Wildman–Crippen MR) is 94.9 cm³/mol. The summed E-state index contributed by atoms with van der Waals surface area (Å²) in [6, 6.07) is 14.1. The number of morpholine rings is 1. The van der Waals surface area contributed by atoms with E-state index in [9.17, 15) is 4.79 Å². The molecule has 1 aromatic carbocycles. The van der Waals surface area contributed by atoms with Crippen molar-refractivity contribution in [3.05, 3.63) is 48.0 Å². The maximum Gasteiger partial charge on any atom is 0.263 e. The first-order valence-corrected chi connectivity index (χ1v) is 8.41. The number of nitrogens with one attached hydrogen (secondary N) is 1. The highest BCUT2D eigenvalue weighted by Gasteiger charge is 2.36. The molecule has 130 valence electrons. The van der Waals surface area contributed by atoms with Gasteiger partial charge in [-0.1, -0.05) is 30.3 Å². The Kier molecular flexibility index (Phi) is 3.84. The number of rotatable bonds is 2. The number of carbonyl (C=O) groups excluding carboxylic acids is 1. The highest BCUT2D eigenvalue weighted by Crippen LogP contribution is 2.36. The van der Waals surface area contributed by atoms with Crippen LogP contribution in [0.1, 0.15) is 25.5 Å². The molecule has 1 atom stereocenters. The number of carbonyl (C=O) groups is 1. The molecule has 2 aromatic rings. The fourth-order valence-corrected chi connectivity index (χ4v) is 3.27. The molecular weight excluding hydrogens is 318 g/mol. The SMILES string of the molecule is CC1(C)CN(c2ccc3c(n2)NC(=O)CO3)C(c2ccccc2)CO1. The van der Waals surface area contributed by atoms with Crippen molar-refractivity contribution in [2.24, 2.45) is 0 Å². The molecule has 25 heavy (non-hydrogen) atoms. The summed E-state index contributed by atoms with van der Waals surface area (Å²) in [4.78, 5) is 18.5. The third-order valence-electron chi connectivity index (χ3n) is 4.50. The van der Waals surface area contributed by atoms with E-state index in [1.165, 1.54) is 5.56 Å². The van der Waals surface area contributed by atoms with Crippen LogP contribution in [0.3, 0.4) is 0 Å². The second-order valence-electron chi connectivity index (χ2n) is 6.98. The van der Waals surface area contributed by atoms with Crippen molar-refractivity contribution in [3.63, 3.8) is 0 Å². The zero-order valence-corrected chi connectivity index (χ0v) is 14.4. The number of hydrogen-bond donors (Lipinski definition) is 1. The van der Waals surface area contributed by atoms with Gasteiger partial charge in [-0.15, -0.1) is 0 Å². The van der Waals surface area contributed by atoms with Gasteiger partial charge in [0.2, 0.25) is 0 Å². The lowest BCUT2D eigenvalue weighted by molar-refractivity contribution is -0.118. The van der Waals surface area contributed by atoms with Crippen molar-refractivity contribution in [2.75, 3.05) is 30.0 Å².